The lowest BCUT2D eigenvalue weighted by molar-refractivity contribution is 0.583. The summed E-state index contributed by atoms with van der Waals surface area (Å²) >= 11 is 0. The number of benzene rings is 1. The van der Waals surface area contributed by atoms with Crippen molar-refractivity contribution in [2.75, 3.05) is 18.4 Å². The first-order valence-corrected chi connectivity index (χ1v) is 10.4. The molecule has 1 aromatic carbocycles. The van der Waals surface area contributed by atoms with Crippen LogP contribution >= 0.6 is 0 Å². The van der Waals surface area contributed by atoms with Gasteiger partial charge in [0.1, 0.15) is 16.5 Å². The normalized spacial score (nSPS) is 11.6. The molecule has 0 radical (unpaired) electrons. The molecule has 4 aromatic rings. The molecule has 0 aliphatic heterocycles. The molecule has 9 nitrogen and oxygen atoms in total. The van der Waals surface area contributed by atoms with Gasteiger partial charge in [-0.25, -0.2) is 27.8 Å². The zero-order valence-electron chi connectivity index (χ0n) is 15.6. The molecule has 0 saturated heterocycles. The van der Waals surface area contributed by atoms with Gasteiger partial charge < -0.3 is 5.32 Å². The molecule has 0 bridgehead atoms. The summed E-state index contributed by atoms with van der Waals surface area (Å²) in [5.41, 5.74) is 0.450. The monoisotopic (exact) mass is 409 g/mol. The molecule has 0 atom stereocenters. The molecule has 0 saturated carbocycles. The number of fused-ring (bicyclic) bond motifs is 1. The number of nitrogens with one attached hydrogen (secondary N) is 2. The van der Waals surface area contributed by atoms with E-state index in [1.54, 1.807) is 54.5 Å². The highest BCUT2D eigenvalue weighted by Crippen LogP contribution is 2.20. The molecule has 0 aliphatic carbocycles. The molecule has 10 heteroatoms. The first-order chi connectivity index (χ1) is 14.0. The van der Waals surface area contributed by atoms with Crippen molar-refractivity contribution in [3.05, 3.63) is 66.9 Å². The van der Waals surface area contributed by atoms with Gasteiger partial charge in [0.15, 0.2) is 5.82 Å². The Labute approximate surface area is 167 Å². The van der Waals surface area contributed by atoms with Crippen LogP contribution in [0.4, 0.5) is 5.82 Å². The zero-order valence-corrected chi connectivity index (χ0v) is 16.5. The van der Waals surface area contributed by atoms with E-state index in [4.69, 9.17) is 0 Å². The summed E-state index contributed by atoms with van der Waals surface area (Å²) in [5.74, 6) is 1.81. The smallest absolute Gasteiger partial charge is 0.242 e. The molecule has 29 heavy (non-hydrogen) atoms. The van der Waals surface area contributed by atoms with E-state index in [0.717, 1.165) is 5.39 Å². The molecule has 0 amide bonds. The van der Waals surface area contributed by atoms with E-state index < -0.39 is 10.0 Å². The summed E-state index contributed by atoms with van der Waals surface area (Å²) in [5, 5.41) is 8.05. The van der Waals surface area contributed by atoms with Crippen LogP contribution in [0.5, 0.6) is 0 Å². The van der Waals surface area contributed by atoms with Gasteiger partial charge in [-0.3, -0.25) is 4.98 Å². The first-order valence-electron chi connectivity index (χ1n) is 8.96. The number of anilines is 1. The first kappa shape index (κ1) is 19.0. The summed E-state index contributed by atoms with van der Waals surface area (Å²) < 4.78 is 29.6. The maximum atomic E-state index is 12.7. The van der Waals surface area contributed by atoms with Gasteiger partial charge in [0.05, 0.1) is 5.52 Å². The summed E-state index contributed by atoms with van der Waals surface area (Å²) in [4.78, 5) is 13.0. The quantitative estimate of drug-likeness (QED) is 0.448. The Balaban J connectivity index is 1.43. The highest BCUT2D eigenvalue weighted by Gasteiger charge is 2.17. The van der Waals surface area contributed by atoms with Crippen LogP contribution in [0.15, 0.2) is 66.0 Å². The van der Waals surface area contributed by atoms with Crippen LogP contribution in [0.25, 0.3) is 16.7 Å². The molecule has 3 heterocycles. The van der Waals surface area contributed by atoms with E-state index >= 15 is 0 Å². The summed E-state index contributed by atoms with van der Waals surface area (Å²) in [6.07, 6.45) is 5.04. The molecule has 4 rings (SSSR count). The van der Waals surface area contributed by atoms with Crippen LogP contribution in [0.1, 0.15) is 5.82 Å². The Morgan fingerprint density at radius 2 is 1.90 bits per heavy atom. The van der Waals surface area contributed by atoms with Crippen LogP contribution in [0.2, 0.25) is 0 Å². The Morgan fingerprint density at radius 3 is 2.72 bits per heavy atom. The number of sulfonamides is 1. The fourth-order valence-corrected chi connectivity index (χ4v) is 4.12. The zero-order chi connectivity index (χ0) is 20.3. The number of aromatic nitrogens is 5. The minimum atomic E-state index is -3.69. The van der Waals surface area contributed by atoms with Crippen molar-refractivity contribution in [1.82, 2.24) is 29.5 Å². The van der Waals surface area contributed by atoms with Crippen molar-refractivity contribution in [1.29, 1.82) is 0 Å². The van der Waals surface area contributed by atoms with Gasteiger partial charge in [0.25, 0.3) is 0 Å². The number of para-hydroxylation sites is 1. The predicted octanol–water partition coefficient (Wildman–Crippen LogP) is 1.91. The van der Waals surface area contributed by atoms with Crippen molar-refractivity contribution in [3.8, 4) is 5.82 Å². The standard InChI is InChI=1S/C19H19N7O2S/c1-14-24-17(13-18(25-14)26-12-4-9-22-26)20-10-11-23-29(27,28)16-7-2-5-15-6-3-8-21-19(15)16/h2-9,12-13,23H,10-11H2,1H3,(H,20,24,25). The second kappa shape index (κ2) is 7.94. The Morgan fingerprint density at radius 1 is 1.03 bits per heavy atom. The van der Waals surface area contributed by atoms with Crippen LogP contribution in [0.3, 0.4) is 0 Å². The van der Waals surface area contributed by atoms with Gasteiger partial charge in [-0.15, -0.1) is 0 Å². The van der Waals surface area contributed by atoms with Crippen LogP contribution in [-0.4, -0.2) is 46.2 Å². The number of rotatable bonds is 7. The van der Waals surface area contributed by atoms with E-state index in [-0.39, 0.29) is 11.4 Å². The maximum Gasteiger partial charge on any atom is 0.242 e. The van der Waals surface area contributed by atoms with E-state index in [0.29, 0.717) is 29.5 Å². The van der Waals surface area contributed by atoms with Gasteiger partial charge in [-0.2, -0.15) is 5.10 Å². The number of pyridine rings is 1. The molecule has 0 fully saturated rings. The number of aryl methyl sites for hydroxylation is 1. The van der Waals surface area contributed by atoms with E-state index in [9.17, 15) is 8.42 Å². The Hall–Kier alpha value is -3.37. The fraction of sp³-hybridized carbons (Fsp3) is 0.158. The van der Waals surface area contributed by atoms with E-state index in [1.165, 1.54) is 0 Å². The highest BCUT2D eigenvalue weighted by molar-refractivity contribution is 7.89. The molecule has 0 aliphatic rings. The molecular formula is C19H19N7O2S. The summed E-state index contributed by atoms with van der Waals surface area (Å²) in [7, 11) is -3.69. The third kappa shape index (κ3) is 4.23. The second-order valence-electron chi connectivity index (χ2n) is 6.27. The second-order valence-corrected chi connectivity index (χ2v) is 8.00. The molecule has 2 N–H and O–H groups in total. The fourth-order valence-electron chi connectivity index (χ4n) is 2.91. The number of nitrogens with zero attached hydrogens (tertiary/aromatic N) is 5. The van der Waals surface area contributed by atoms with Crippen molar-refractivity contribution in [2.45, 2.75) is 11.8 Å². The van der Waals surface area contributed by atoms with Crippen molar-refractivity contribution in [2.24, 2.45) is 0 Å². The maximum absolute atomic E-state index is 12.7. The topological polar surface area (TPSA) is 115 Å². The number of hydrogen-bond acceptors (Lipinski definition) is 7. The third-order valence-corrected chi connectivity index (χ3v) is 5.66. The lowest BCUT2D eigenvalue weighted by Gasteiger charge is -2.11. The van der Waals surface area contributed by atoms with Crippen molar-refractivity contribution >= 4 is 26.7 Å². The van der Waals surface area contributed by atoms with Gasteiger partial charge in [-0.05, 0) is 25.1 Å². The SMILES string of the molecule is Cc1nc(NCCNS(=O)(=O)c2cccc3cccnc23)cc(-n2cccn2)n1. The van der Waals surface area contributed by atoms with Gasteiger partial charge in [0, 0.05) is 43.1 Å². The van der Waals surface area contributed by atoms with Gasteiger partial charge in [0.2, 0.25) is 10.0 Å². The molecule has 3 aromatic heterocycles. The van der Waals surface area contributed by atoms with Crippen LogP contribution in [0, 0.1) is 6.92 Å². The molecular weight excluding hydrogens is 390 g/mol. The van der Waals surface area contributed by atoms with Crippen LogP contribution in [-0.2, 0) is 10.0 Å². The Bertz CT molecular complexity index is 1240. The summed E-state index contributed by atoms with van der Waals surface area (Å²) in [6.45, 7) is 2.33. The van der Waals surface area contributed by atoms with E-state index in [2.05, 4.69) is 30.1 Å². The van der Waals surface area contributed by atoms with E-state index in [1.807, 2.05) is 18.2 Å². The minimum Gasteiger partial charge on any atom is -0.369 e. The van der Waals surface area contributed by atoms with Crippen LogP contribution < -0.4 is 10.0 Å². The lowest BCUT2D eigenvalue weighted by atomic mass is 10.2. The number of hydrogen-bond donors (Lipinski definition) is 2. The molecule has 148 valence electrons. The summed E-state index contributed by atoms with van der Waals surface area (Å²) in [6, 6.07) is 12.3. The third-order valence-electron chi connectivity index (χ3n) is 4.17. The average molecular weight is 409 g/mol. The molecule has 0 spiro atoms. The predicted molar refractivity (Wildman–Crippen MR) is 109 cm³/mol. The van der Waals surface area contributed by atoms with Gasteiger partial charge in [-0.1, -0.05) is 18.2 Å². The highest BCUT2D eigenvalue weighted by atomic mass is 32.2. The van der Waals surface area contributed by atoms with Gasteiger partial charge >= 0.3 is 0 Å². The average Bonchev–Trinajstić information content (AvgIpc) is 3.25. The van der Waals surface area contributed by atoms with Crippen molar-refractivity contribution < 1.29 is 8.42 Å². The minimum absolute atomic E-state index is 0.162. The van der Waals surface area contributed by atoms with Crippen molar-refractivity contribution in [3.63, 3.8) is 0 Å². The lowest BCUT2D eigenvalue weighted by Crippen LogP contribution is -2.29. The largest absolute Gasteiger partial charge is 0.369 e. The Kier molecular flexibility index (Phi) is 5.19. The molecule has 0 unspecified atom stereocenters.